The molecule has 2 saturated heterocycles. The van der Waals surface area contributed by atoms with Gasteiger partial charge in [0.25, 0.3) is 5.91 Å². The van der Waals surface area contributed by atoms with E-state index in [-0.39, 0.29) is 11.9 Å². The van der Waals surface area contributed by atoms with Gasteiger partial charge in [-0.1, -0.05) is 0 Å². The molecule has 2 N–H and O–H groups in total. The molecule has 17 heavy (non-hydrogen) atoms. The average molecular weight is 239 g/mol. The lowest BCUT2D eigenvalue weighted by Crippen LogP contribution is -2.40. The first kappa shape index (κ1) is 12.4. The largest absolute Gasteiger partial charge is 0.325 e. The summed E-state index contributed by atoms with van der Waals surface area (Å²) in [5.74, 6) is 0.485. The highest BCUT2D eigenvalue weighted by Crippen LogP contribution is 2.20. The molecule has 2 aliphatic rings. The van der Waals surface area contributed by atoms with E-state index in [1.54, 1.807) is 13.8 Å². The van der Waals surface area contributed by atoms with Gasteiger partial charge in [-0.25, -0.2) is 4.79 Å². The van der Waals surface area contributed by atoms with E-state index in [0.29, 0.717) is 12.5 Å². The predicted molar refractivity (Wildman–Crippen MR) is 64.5 cm³/mol. The van der Waals surface area contributed by atoms with Crippen molar-refractivity contribution in [2.24, 2.45) is 5.92 Å². The number of rotatable bonds is 3. The molecule has 0 aromatic carbocycles. The molecular weight excluding hydrogens is 218 g/mol. The smallest absolute Gasteiger partial charge is 0.324 e. The highest BCUT2D eigenvalue weighted by atomic mass is 16.2. The van der Waals surface area contributed by atoms with E-state index < -0.39 is 5.54 Å². The highest BCUT2D eigenvalue weighted by Gasteiger charge is 2.43. The van der Waals surface area contributed by atoms with Crippen molar-refractivity contribution in [1.29, 1.82) is 0 Å². The van der Waals surface area contributed by atoms with Gasteiger partial charge in [-0.2, -0.15) is 0 Å². The molecule has 2 fully saturated rings. The second-order valence-corrected chi connectivity index (χ2v) is 5.51. The number of hydrogen-bond donors (Lipinski definition) is 2. The number of nitrogens with zero attached hydrogens (tertiary/aromatic N) is 1. The van der Waals surface area contributed by atoms with Crippen LogP contribution in [0.1, 0.15) is 33.1 Å². The normalized spacial score (nSPS) is 28.4. The summed E-state index contributed by atoms with van der Waals surface area (Å²) < 4.78 is 0. The molecule has 1 unspecified atom stereocenters. The van der Waals surface area contributed by atoms with Gasteiger partial charge in [0, 0.05) is 6.54 Å². The zero-order valence-electron chi connectivity index (χ0n) is 10.6. The Morgan fingerprint density at radius 1 is 1.41 bits per heavy atom. The average Bonchev–Trinajstić information content (AvgIpc) is 2.48. The maximum absolute atomic E-state index is 11.9. The van der Waals surface area contributed by atoms with Gasteiger partial charge in [-0.15, -0.1) is 0 Å². The van der Waals surface area contributed by atoms with Crippen LogP contribution in [0.15, 0.2) is 0 Å². The first-order valence-electron chi connectivity index (χ1n) is 6.35. The van der Waals surface area contributed by atoms with Crippen LogP contribution in [0.5, 0.6) is 0 Å². The minimum atomic E-state index is -0.734. The Hall–Kier alpha value is -1.10. The van der Waals surface area contributed by atoms with Crippen LogP contribution < -0.4 is 10.6 Å². The lowest BCUT2D eigenvalue weighted by molar-refractivity contribution is -0.130. The number of urea groups is 1. The van der Waals surface area contributed by atoms with Crippen LogP contribution >= 0.6 is 0 Å². The molecule has 0 spiro atoms. The first-order chi connectivity index (χ1) is 8.00. The van der Waals surface area contributed by atoms with Crippen molar-refractivity contribution in [2.75, 3.05) is 19.6 Å². The minimum absolute atomic E-state index is 0.105. The fourth-order valence-electron chi connectivity index (χ4n) is 2.50. The summed E-state index contributed by atoms with van der Waals surface area (Å²) in [5.41, 5.74) is -0.734. The Kier molecular flexibility index (Phi) is 3.38. The van der Waals surface area contributed by atoms with Crippen LogP contribution in [0.4, 0.5) is 4.79 Å². The summed E-state index contributed by atoms with van der Waals surface area (Å²) in [6, 6.07) is -0.247. The van der Waals surface area contributed by atoms with Gasteiger partial charge in [0.1, 0.15) is 5.54 Å². The van der Waals surface area contributed by atoms with Crippen molar-refractivity contribution in [2.45, 2.75) is 38.6 Å². The van der Waals surface area contributed by atoms with Crippen LogP contribution in [0.3, 0.4) is 0 Å². The van der Waals surface area contributed by atoms with Gasteiger partial charge in [-0.05, 0) is 52.1 Å². The van der Waals surface area contributed by atoms with Crippen molar-refractivity contribution < 1.29 is 9.59 Å². The predicted octanol–water partition coefficient (Wildman–Crippen LogP) is 0.706. The summed E-state index contributed by atoms with van der Waals surface area (Å²) >= 11 is 0. The molecule has 0 aromatic heterocycles. The molecule has 0 radical (unpaired) electrons. The topological polar surface area (TPSA) is 61.4 Å². The maximum Gasteiger partial charge on any atom is 0.325 e. The molecule has 96 valence electrons. The van der Waals surface area contributed by atoms with E-state index in [1.165, 1.54) is 17.7 Å². The number of piperidine rings is 1. The molecule has 5 nitrogen and oxygen atoms in total. The van der Waals surface area contributed by atoms with E-state index in [0.717, 1.165) is 19.5 Å². The van der Waals surface area contributed by atoms with Crippen LogP contribution in [-0.2, 0) is 4.79 Å². The summed E-state index contributed by atoms with van der Waals surface area (Å²) in [4.78, 5) is 24.9. The SMILES string of the molecule is CC1(C)NC(=O)N(CCC2CCCNC2)C1=O. The first-order valence-corrected chi connectivity index (χ1v) is 6.35. The molecule has 0 aliphatic carbocycles. The minimum Gasteiger partial charge on any atom is -0.324 e. The fraction of sp³-hybridized carbons (Fsp3) is 0.833. The quantitative estimate of drug-likeness (QED) is 0.713. The summed E-state index contributed by atoms with van der Waals surface area (Å²) in [7, 11) is 0. The monoisotopic (exact) mass is 239 g/mol. The van der Waals surface area contributed by atoms with E-state index in [9.17, 15) is 9.59 Å². The summed E-state index contributed by atoms with van der Waals surface area (Å²) in [6.45, 7) is 6.13. The van der Waals surface area contributed by atoms with Crippen LogP contribution in [-0.4, -0.2) is 42.0 Å². The van der Waals surface area contributed by atoms with Gasteiger partial charge < -0.3 is 10.6 Å². The highest BCUT2D eigenvalue weighted by molar-refractivity contribution is 6.06. The Morgan fingerprint density at radius 2 is 2.18 bits per heavy atom. The lowest BCUT2D eigenvalue weighted by atomic mass is 9.96. The van der Waals surface area contributed by atoms with Crippen molar-refractivity contribution in [3.8, 4) is 0 Å². The number of nitrogens with one attached hydrogen (secondary N) is 2. The molecule has 2 rings (SSSR count). The molecule has 0 aromatic rings. The second-order valence-electron chi connectivity index (χ2n) is 5.51. The van der Waals surface area contributed by atoms with Gasteiger partial charge in [0.15, 0.2) is 0 Å². The van der Waals surface area contributed by atoms with Gasteiger partial charge in [0.2, 0.25) is 0 Å². The molecule has 3 amide bonds. The summed E-state index contributed by atoms with van der Waals surface area (Å²) in [5, 5.41) is 6.05. The zero-order chi connectivity index (χ0) is 12.5. The van der Waals surface area contributed by atoms with Gasteiger partial charge >= 0.3 is 6.03 Å². The molecule has 0 bridgehead atoms. The second kappa shape index (κ2) is 4.64. The number of amides is 3. The van der Waals surface area contributed by atoms with Crippen molar-refractivity contribution in [1.82, 2.24) is 15.5 Å². The molecule has 0 saturated carbocycles. The standard InChI is InChI=1S/C12H21N3O2/c1-12(2)10(16)15(11(17)14-12)7-5-9-4-3-6-13-8-9/h9,13H,3-8H2,1-2H3,(H,14,17). The van der Waals surface area contributed by atoms with Gasteiger partial charge in [-0.3, -0.25) is 9.69 Å². The third kappa shape index (κ3) is 2.60. The van der Waals surface area contributed by atoms with Gasteiger partial charge in [0.05, 0.1) is 0 Å². The zero-order valence-corrected chi connectivity index (χ0v) is 10.6. The Labute approximate surface area is 102 Å². The number of carbonyl (C=O) groups excluding carboxylic acids is 2. The Bertz CT molecular complexity index is 322. The maximum atomic E-state index is 11.9. The van der Waals surface area contributed by atoms with E-state index in [1.807, 2.05) is 0 Å². The molecule has 5 heteroatoms. The van der Waals surface area contributed by atoms with Crippen molar-refractivity contribution in [3.05, 3.63) is 0 Å². The summed E-state index contributed by atoms with van der Waals surface area (Å²) in [6.07, 6.45) is 3.29. The third-order valence-corrected chi connectivity index (χ3v) is 3.60. The number of carbonyl (C=O) groups is 2. The van der Waals surface area contributed by atoms with E-state index >= 15 is 0 Å². The number of hydrogen-bond acceptors (Lipinski definition) is 3. The van der Waals surface area contributed by atoms with E-state index in [4.69, 9.17) is 0 Å². The molecule has 2 heterocycles. The number of imide groups is 1. The lowest BCUT2D eigenvalue weighted by Gasteiger charge is -2.24. The molecular formula is C12H21N3O2. The fourth-order valence-corrected chi connectivity index (χ4v) is 2.50. The third-order valence-electron chi connectivity index (χ3n) is 3.60. The van der Waals surface area contributed by atoms with Crippen molar-refractivity contribution in [3.63, 3.8) is 0 Å². The van der Waals surface area contributed by atoms with Crippen LogP contribution in [0, 0.1) is 5.92 Å². The Morgan fingerprint density at radius 3 is 2.71 bits per heavy atom. The van der Waals surface area contributed by atoms with Crippen LogP contribution in [0.25, 0.3) is 0 Å². The molecule has 2 aliphatic heterocycles. The molecule has 1 atom stereocenters. The van der Waals surface area contributed by atoms with Crippen molar-refractivity contribution >= 4 is 11.9 Å². The Balaban J connectivity index is 1.86. The van der Waals surface area contributed by atoms with E-state index in [2.05, 4.69) is 10.6 Å². The van der Waals surface area contributed by atoms with Crippen LogP contribution in [0.2, 0.25) is 0 Å².